The largest absolute Gasteiger partial charge is 0.474 e. The van der Waals surface area contributed by atoms with Crippen LogP contribution in [0.4, 0.5) is 17.1 Å². The molecule has 346 valence electrons. The van der Waals surface area contributed by atoms with Crippen LogP contribution in [0.15, 0.2) is 108 Å². The Kier molecular flexibility index (Phi) is 11.4. The van der Waals surface area contributed by atoms with Gasteiger partial charge in [-0.15, -0.1) is 0 Å². The van der Waals surface area contributed by atoms with E-state index < -0.39 is 31.6 Å². The van der Waals surface area contributed by atoms with E-state index in [2.05, 4.69) is 59.1 Å². The minimum atomic E-state index is -4.70. The summed E-state index contributed by atoms with van der Waals surface area (Å²) in [6.45, 7) is 3.10. The van der Waals surface area contributed by atoms with Crippen LogP contribution in [0.2, 0.25) is 0 Å². The lowest BCUT2D eigenvalue weighted by Gasteiger charge is -2.48. The molecular formula is C52H56N8O6S. The Bertz CT molecular complexity index is 2940. The first-order valence-electron chi connectivity index (χ1n) is 23.9. The molecule has 3 N–H and O–H groups in total. The van der Waals surface area contributed by atoms with Crippen molar-refractivity contribution in [3.63, 3.8) is 0 Å². The molecule has 2 saturated heterocycles. The summed E-state index contributed by atoms with van der Waals surface area (Å²) in [4.78, 5) is 42.9. The summed E-state index contributed by atoms with van der Waals surface area (Å²) < 4.78 is 35.9. The molecule has 1 amide bonds. The fourth-order valence-electron chi connectivity index (χ4n) is 11.5. The fraction of sp³-hybridized carbons (Fsp3) is 0.404. The molecule has 11 rings (SSSR count). The second kappa shape index (κ2) is 17.7. The molecule has 2 aliphatic carbocycles. The van der Waals surface area contributed by atoms with Gasteiger partial charge in [-0.2, -0.15) is 13.4 Å². The molecule has 2 atom stereocenters. The number of piperidine rings is 1. The summed E-state index contributed by atoms with van der Waals surface area (Å²) >= 11 is 0. The van der Waals surface area contributed by atoms with E-state index in [0.29, 0.717) is 35.9 Å². The lowest BCUT2D eigenvalue weighted by atomic mass is 9.66. The molecule has 0 radical (unpaired) electrons. The molecule has 0 bridgehead atoms. The Morgan fingerprint density at radius 3 is 2.43 bits per heavy atom. The van der Waals surface area contributed by atoms with Gasteiger partial charge in [0.15, 0.2) is 10.7 Å². The van der Waals surface area contributed by atoms with E-state index in [0.717, 1.165) is 65.8 Å². The van der Waals surface area contributed by atoms with Gasteiger partial charge < -0.3 is 19.9 Å². The molecule has 5 aliphatic rings. The maximum Gasteiger partial charge on any atom is 0.300 e. The van der Waals surface area contributed by atoms with E-state index in [1.807, 2.05) is 60.8 Å². The lowest BCUT2D eigenvalue weighted by molar-refractivity contribution is -0.384. The number of H-pyrrole nitrogens is 1. The summed E-state index contributed by atoms with van der Waals surface area (Å²) in [5, 5.41) is 15.7. The Hall–Kier alpha value is -6.32. The first-order chi connectivity index (χ1) is 32.6. The SMILES string of the molecule is O=C(NS(=O)(=O)c1cc([N+](=O)[O-])c2c(n1)OC[C@H](Cc1ccccc1)N2)c1ccc(N2CCC3(CCC(N4CCCC4c4ccccc4C4CC4)CC3)CC2)cc1Cc1cnc2[nH]ccc2c1. The van der Waals surface area contributed by atoms with Gasteiger partial charge in [0.25, 0.3) is 15.9 Å². The van der Waals surface area contributed by atoms with Gasteiger partial charge in [0.1, 0.15) is 12.3 Å². The van der Waals surface area contributed by atoms with E-state index in [1.54, 1.807) is 23.4 Å². The van der Waals surface area contributed by atoms with Gasteiger partial charge in [0, 0.05) is 54.2 Å². The third-order valence-electron chi connectivity index (χ3n) is 15.3. The molecule has 67 heavy (non-hydrogen) atoms. The number of rotatable bonds is 12. The van der Waals surface area contributed by atoms with Crippen LogP contribution in [-0.2, 0) is 22.9 Å². The average molecular weight is 921 g/mol. The van der Waals surface area contributed by atoms with E-state index >= 15 is 0 Å². The molecule has 1 spiro atoms. The molecule has 3 aromatic heterocycles. The van der Waals surface area contributed by atoms with Gasteiger partial charge in [-0.1, -0.05) is 54.6 Å². The van der Waals surface area contributed by atoms with Crippen molar-refractivity contribution in [2.45, 2.75) is 106 Å². The molecule has 3 aromatic carbocycles. The Balaban J connectivity index is 0.795. The normalized spacial score (nSPS) is 20.9. The molecule has 2 saturated carbocycles. The van der Waals surface area contributed by atoms with Crippen molar-refractivity contribution >= 4 is 44.0 Å². The predicted molar refractivity (Wildman–Crippen MR) is 257 cm³/mol. The number of aromatic nitrogens is 3. The number of nitrogens with zero attached hydrogens (tertiary/aromatic N) is 5. The number of benzene rings is 3. The van der Waals surface area contributed by atoms with Gasteiger partial charge in [-0.3, -0.25) is 19.8 Å². The number of aromatic amines is 1. The number of amides is 1. The number of fused-ring (bicyclic) bond motifs is 2. The van der Waals surface area contributed by atoms with Crippen LogP contribution in [0.1, 0.15) is 114 Å². The molecule has 6 heterocycles. The van der Waals surface area contributed by atoms with Crippen molar-refractivity contribution < 1.29 is 22.9 Å². The van der Waals surface area contributed by atoms with Crippen LogP contribution in [0.25, 0.3) is 11.0 Å². The number of nitrogens with one attached hydrogen (secondary N) is 3. The number of anilines is 2. The quantitative estimate of drug-likeness (QED) is 0.0788. The van der Waals surface area contributed by atoms with Crippen molar-refractivity contribution in [2.24, 2.45) is 5.41 Å². The zero-order chi connectivity index (χ0) is 45.7. The predicted octanol–water partition coefficient (Wildman–Crippen LogP) is 9.23. The van der Waals surface area contributed by atoms with E-state index in [4.69, 9.17) is 4.74 Å². The Morgan fingerprint density at radius 2 is 1.66 bits per heavy atom. The van der Waals surface area contributed by atoms with Crippen molar-refractivity contribution in [3.8, 4) is 5.88 Å². The molecular weight excluding hydrogens is 865 g/mol. The van der Waals surface area contributed by atoms with Crippen molar-refractivity contribution in [3.05, 3.63) is 147 Å². The first kappa shape index (κ1) is 43.3. The van der Waals surface area contributed by atoms with Crippen LogP contribution in [-0.4, -0.2) is 77.4 Å². The third-order valence-corrected chi connectivity index (χ3v) is 16.5. The number of hydrogen-bond acceptors (Lipinski definition) is 11. The van der Waals surface area contributed by atoms with E-state index in [1.165, 1.54) is 57.9 Å². The third kappa shape index (κ3) is 8.86. The minimum absolute atomic E-state index is 0.00856. The number of likely N-dealkylation sites (tertiary alicyclic amines) is 1. The van der Waals surface area contributed by atoms with Gasteiger partial charge >= 0.3 is 5.69 Å². The summed E-state index contributed by atoms with van der Waals surface area (Å²) in [6.07, 6.45) is 16.8. The maximum atomic E-state index is 14.2. The summed E-state index contributed by atoms with van der Waals surface area (Å²) in [5.74, 6) is -0.326. The van der Waals surface area contributed by atoms with E-state index in [9.17, 15) is 23.3 Å². The highest BCUT2D eigenvalue weighted by Gasteiger charge is 2.43. The number of carbonyl (C=O) groups excluding carboxylic acids is 1. The van der Waals surface area contributed by atoms with E-state index in [-0.39, 0.29) is 29.8 Å². The van der Waals surface area contributed by atoms with Gasteiger partial charge in [-0.05, 0) is 153 Å². The number of carbonyl (C=O) groups is 1. The maximum absolute atomic E-state index is 14.2. The van der Waals surface area contributed by atoms with Crippen LogP contribution >= 0.6 is 0 Å². The number of sulfonamides is 1. The highest BCUT2D eigenvalue weighted by atomic mass is 32.2. The first-order valence-corrected chi connectivity index (χ1v) is 25.4. The average Bonchev–Trinajstić information content (AvgIpc) is 3.88. The molecule has 6 aromatic rings. The number of hydrogen-bond donors (Lipinski definition) is 3. The molecule has 15 heteroatoms. The van der Waals surface area contributed by atoms with Gasteiger partial charge in [0.05, 0.1) is 17.0 Å². The van der Waals surface area contributed by atoms with Crippen LogP contribution in [0.5, 0.6) is 5.88 Å². The van der Waals surface area contributed by atoms with Gasteiger partial charge in [-0.25, -0.2) is 9.71 Å². The highest BCUT2D eigenvalue weighted by molar-refractivity contribution is 7.90. The van der Waals surface area contributed by atoms with Crippen LogP contribution in [0.3, 0.4) is 0 Å². The summed E-state index contributed by atoms with van der Waals surface area (Å²) in [6, 6.07) is 30.1. The molecule has 3 aliphatic heterocycles. The Morgan fingerprint density at radius 1 is 0.881 bits per heavy atom. The molecule has 4 fully saturated rings. The van der Waals surface area contributed by atoms with Gasteiger partial charge in [0.2, 0.25) is 5.88 Å². The second-order valence-corrected chi connectivity index (χ2v) is 21.1. The molecule has 14 nitrogen and oxygen atoms in total. The second-order valence-electron chi connectivity index (χ2n) is 19.5. The number of ether oxygens (including phenoxy) is 1. The topological polar surface area (TPSA) is 176 Å². The Labute approximate surface area is 390 Å². The number of pyridine rings is 2. The fourth-order valence-corrected chi connectivity index (χ4v) is 12.5. The van der Waals surface area contributed by atoms with Crippen LogP contribution in [0, 0.1) is 15.5 Å². The summed E-state index contributed by atoms with van der Waals surface area (Å²) in [7, 11) is -4.70. The number of nitro groups is 1. The molecule has 1 unspecified atom stereocenters. The highest BCUT2D eigenvalue weighted by Crippen LogP contribution is 2.50. The smallest absolute Gasteiger partial charge is 0.300 e. The van der Waals surface area contributed by atoms with Crippen molar-refractivity contribution in [1.29, 1.82) is 0 Å². The lowest BCUT2D eigenvalue weighted by Crippen LogP contribution is -2.45. The summed E-state index contributed by atoms with van der Waals surface area (Å²) in [5.41, 5.74) is 7.36. The zero-order valence-electron chi connectivity index (χ0n) is 37.5. The zero-order valence-corrected chi connectivity index (χ0v) is 38.3. The monoisotopic (exact) mass is 920 g/mol. The van der Waals surface area contributed by atoms with Crippen LogP contribution < -0.4 is 19.7 Å². The minimum Gasteiger partial charge on any atom is -0.474 e. The standard InChI is InChI=1S/C52H56N8O6S/c61-50(57-67(64,65)47-31-46(60(62)63)48-51(56-47)66-33-39(55-48)29-34-7-2-1-3-8-34)43-15-14-41(30-38(43)28-35-27-37-18-23-53-49(37)54-32-35)58-25-21-52(22-26-58)19-16-40(17-20-52)59-24-6-11-45(59)44-10-5-4-9-42(44)36-12-13-36/h1-5,7-10,14-15,18,23,27,30-32,36,39-40,45,55H,6,11-13,16-17,19-22,24-26,28-29,33H2,(H,53,54)(H,57,61)/t39-,45?/m0/s1. The van der Waals surface area contributed by atoms with Crippen molar-refractivity contribution in [2.75, 3.05) is 36.5 Å². The van der Waals surface area contributed by atoms with Crippen molar-refractivity contribution in [1.82, 2.24) is 24.6 Å².